The number of hydrogen-bond donors (Lipinski definition) is 0. The number of aromatic nitrogens is 3. The van der Waals surface area contributed by atoms with Crippen LogP contribution in [0.5, 0.6) is 0 Å². The van der Waals surface area contributed by atoms with E-state index in [2.05, 4.69) is 25.5 Å². The van der Waals surface area contributed by atoms with Crippen LogP contribution in [0.1, 0.15) is 27.3 Å². The van der Waals surface area contributed by atoms with Gasteiger partial charge in [-0.05, 0) is 36.5 Å². The number of aryl methyl sites for hydroxylation is 1. The Morgan fingerprint density at radius 3 is 3.12 bits per heavy atom. The largest absolute Gasteiger partial charge is 0.375 e. The lowest BCUT2D eigenvalue weighted by atomic mass is 9.98. The molecule has 1 amide bonds. The van der Waals surface area contributed by atoms with E-state index in [0.717, 1.165) is 32.7 Å². The third kappa shape index (κ3) is 3.42. The van der Waals surface area contributed by atoms with Crippen molar-refractivity contribution in [2.24, 2.45) is 0 Å². The molecule has 25 heavy (non-hydrogen) atoms. The van der Waals surface area contributed by atoms with Crippen molar-refractivity contribution in [1.29, 1.82) is 0 Å². The van der Waals surface area contributed by atoms with Crippen molar-refractivity contribution in [3.05, 3.63) is 40.7 Å². The van der Waals surface area contributed by atoms with Crippen LogP contribution in [0.25, 0.3) is 0 Å². The smallest absolute Gasteiger partial charge is 0.267 e. The van der Waals surface area contributed by atoms with E-state index < -0.39 is 0 Å². The van der Waals surface area contributed by atoms with Crippen LogP contribution in [0.15, 0.2) is 24.5 Å². The number of likely N-dealkylation sites (tertiary alicyclic amines) is 1. The van der Waals surface area contributed by atoms with Crippen LogP contribution in [-0.4, -0.2) is 68.7 Å². The fourth-order valence-corrected chi connectivity index (χ4v) is 4.25. The van der Waals surface area contributed by atoms with Gasteiger partial charge in [-0.3, -0.25) is 14.7 Å². The Bertz CT molecular complexity index is 738. The van der Waals surface area contributed by atoms with Gasteiger partial charge in [0.2, 0.25) is 0 Å². The highest BCUT2D eigenvalue weighted by Gasteiger charge is 2.39. The number of carbonyl (C=O) groups is 1. The average molecular weight is 359 g/mol. The molecule has 8 heteroatoms. The minimum Gasteiger partial charge on any atom is -0.375 e. The summed E-state index contributed by atoms with van der Waals surface area (Å²) in [5.74, 6) is 0.0397. The molecule has 2 saturated heterocycles. The zero-order valence-corrected chi connectivity index (χ0v) is 15.0. The van der Waals surface area contributed by atoms with Gasteiger partial charge < -0.3 is 9.64 Å². The van der Waals surface area contributed by atoms with Gasteiger partial charge >= 0.3 is 0 Å². The Kier molecular flexibility index (Phi) is 4.74. The zero-order chi connectivity index (χ0) is 17.2. The Morgan fingerprint density at radius 1 is 1.44 bits per heavy atom. The molecule has 2 aromatic rings. The van der Waals surface area contributed by atoms with Crippen molar-refractivity contribution in [1.82, 2.24) is 24.4 Å². The molecule has 4 heterocycles. The molecule has 0 spiro atoms. The second-order valence-electron chi connectivity index (χ2n) is 6.54. The third-order valence-electron chi connectivity index (χ3n) is 4.94. The van der Waals surface area contributed by atoms with Gasteiger partial charge in [0.1, 0.15) is 4.88 Å². The summed E-state index contributed by atoms with van der Waals surface area (Å²) in [6, 6.07) is 4.27. The van der Waals surface area contributed by atoms with Gasteiger partial charge in [-0.2, -0.15) is 0 Å². The Morgan fingerprint density at radius 2 is 2.36 bits per heavy atom. The molecule has 0 saturated carbocycles. The topological polar surface area (TPSA) is 71.5 Å². The predicted molar refractivity (Wildman–Crippen MR) is 93.3 cm³/mol. The summed E-state index contributed by atoms with van der Waals surface area (Å²) in [6.45, 7) is 5.69. The molecule has 132 valence electrons. The summed E-state index contributed by atoms with van der Waals surface area (Å²) in [5, 5.41) is 3.96. The van der Waals surface area contributed by atoms with Crippen molar-refractivity contribution >= 4 is 17.4 Å². The van der Waals surface area contributed by atoms with Crippen LogP contribution < -0.4 is 0 Å². The predicted octanol–water partition coefficient (Wildman–Crippen LogP) is 1.36. The standard InChI is InChI=1S/C17H21N5O2S/c1-12-16(25-20-19-12)17(23)22-6-4-15-14(11-22)21(7-8-24-15)10-13-3-2-5-18-9-13/h2-3,5,9,14-15H,4,6-8,10-11H2,1H3/t14-,15-/m0/s1. The molecular weight excluding hydrogens is 338 g/mol. The summed E-state index contributed by atoms with van der Waals surface area (Å²) in [4.78, 5) is 22.0. The second kappa shape index (κ2) is 7.15. The number of fused-ring (bicyclic) bond motifs is 1. The average Bonchev–Trinajstić information content (AvgIpc) is 3.08. The molecule has 2 fully saturated rings. The van der Waals surface area contributed by atoms with E-state index in [-0.39, 0.29) is 18.1 Å². The van der Waals surface area contributed by atoms with Crippen molar-refractivity contribution in [2.45, 2.75) is 32.0 Å². The minimum atomic E-state index is 0.0397. The fourth-order valence-electron chi connectivity index (χ4n) is 3.62. The number of nitrogens with zero attached hydrogens (tertiary/aromatic N) is 5. The van der Waals surface area contributed by atoms with Gasteiger partial charge in [0.05, 0.1) is 24.4 Å². The van der Waals surface area contributed by atoms with E-state index in [1.165, 1.54) is 17.1 Å². The Labute approximate surface area is 150 Å². The Hall–Kier alpha value is -1.90. The SMILES string of the molecule is Cc1nnsc1C(=O)N1CC[C@@H]2OCCN(Cc3cccnc3)[C@H]2C1. The second-order valence-corrected chi connectivity index (χ2v) is 7.29. The maximum Gasteiger partial charge on any atom is 0.267 e. The highest BCUT2D eigenvalue weighted by Crippen LogP contribution is 2.26. The van der Waals surface area contributed by atoms with Gasteiger partial charge in [-0.1, -0.05) is 10.6 Å². The molecule has 0 bridgehead atoms. The van der Waals surface area contributed by atoms with Gasteiger partial charge in [0.25, 0.3) is 5.91 Å². The minimum absolute atomic E-state index is 0.0397. The van der Waals surface area contributed by atoms with E-state index in [1.807, 2.05) is 24.1 Å². The summed E-state index contributed by atoms with van der Waals surface area (Å²) in [5.41, 5.74) is 1.90. The van der Waals surface area contributed by atoms with Crippen LogP contribution in [-0.2, 0) is 11.3 Å². The molecule has 0 aromatic carbocycles. The molecule has 2 atom stereocenters. The lowest BCUT2D eigenvalue weighted by molar-refractivity contribution is -0.101. The lowest BCUT2D eigenvalue weighted by Crippen LogP contribution is -2.60. The first-order chi connectivity index (χ1) is 12.2. The van der Waals surface area contributed by atoms with Crippen molar-refractivity contribution in [3.8, 4) is 0 Å². The number of piperidine rings is 1. The van der Waals surface area contributed by atoms with Gasteiger partial charge in [0, 0.05) is 38.6 Å². The molecule has 2 aliphatic rings. The molecule has 2 aliphatic heterocycles. The number of amides is 1. The molecule has 0 aliphatic carbocycles. The van der Waals surface area contributed by atoms with E-state index in [1.54, 1.807) is 6.20 Å². The quantitative estimate of drug-likeness (QED) is 0.824. The van der Waals surface area contributed by atoms with E-state index >= 15 is 0 Å². The van der Waals surface area contributed by atoms with Crippen LogP contribution in [0.2, 0.25) is 0 Å². The maximum atomic E-state index is 12.8. The summed E-state index contributed by atoms with van der Waals surface area (Å²) in [7, 11) is 0. The fraction of sp³-hybridized carbons (Fsp3) is 0.529. The van der Waals surface area contributed by atoms with E-state index in [0.29, 0.717) is 17.1 Å². The Balaban J connectivity index is 1.49. The lowest BCUT2D eigenvalue weighted by Gasteiger charge is -2.47. The monoisotopic (exact) mass is 359 g/mol. The maximum absolute atomic E-state index is 12.8. The zero-order valence-electron chi connectivity index (χ0n) is 14.2. The van der Waals surface area contributed by atoms with Gasteiger partial charge in [-0.15, -0.1) is 5.10 Å². The number of hydrogen-bond acceptors (Lipinski definition) is 7. The molecule has 4 rings (SSSR count). The number of carbonyl (C=O) groups excluding carboxylic acids is 1. The number of morpholine rings is 1. The molecule has 0 radical (unpaired) electrons. The van der Waals surface area contributed by atoms with Crippen LogP contribution in [0.3, 0.4) is 0 Å². The molecule has 7 nitrogen and oxygen atoms in total. The first-order valence-electron chi connectivity index (χ1n) is 8.55. The number of pyridine rings is 1. The number of rotatable bonds is 3. The van der Waals surface area contributed by atoms with Gasteiger partial charge in [-0.25, -0.2) is 0 Å². The summed E-state index contributed by atoms with van der Waals surface area (Å²) < 4.78 is 9.87. The van der Waals surface area contributed by atoms with E-state index in [4.69, 9.17) is 4.74 Å². The molecule has 2 aromatic heterocycles. The van der Waals surface area contributed by atoms with Crippen LogP contribution in [0.4, 0.5) is 0 Å². The highest BCUT2D eigenvalue weighted by atomic mass is 32.1. The third-order valence-corrected chi connectivity index (χ3v) is 5.76. The van der Waals surface area contributed by atoms with Gasteiger partial charge in [0.15, 0.2) is 0 Å². The van der Waals surface area contributed by atoms with Crippen LogP contribution in [0, 0.1) is 6.92 Å². The number of ether oxygens (including phenoxy) is 1. The first kappa shape index (κ1) is 16.6. The first-order valence-corrected chi connectivity index (χ1v) is 9.32. The summed E-state index contributed by atoms with van der Waals surface area (Å²) in [6.07, 6.45) is 4.75. The van der Waals surface area contributed by atoms with Crippen molar-refractivity contribution in [3.63, 3.8) is 0 Å². The van der Waals surface area contributed by atoms with Crippen molar-refractivity contribution in [2.75, 3.05) is 26.2 Å². The van der Waals surface area contributed by atoms with E-state index in [9.17, 15) is 4.79 Å². The molecule has 0 N–H and O–H groups in total. The molecular formula is C17H21N5O2S. The van der Waals surface area contributed by atoms with Crippen LogP contribution >= 0.6 is 11.5 Å². The summed E-state index contributed by atoms with van der Waals surface area (Å²) >= 11 is 1.18. The van der Waals surface area contributed by atoms with Crippen molar-refractivity contribution < 1.29 is 9.53 Å². The highest BCUT2D eigenvalue weighted by molar-refractivity contribution is 7.07. The normalized spacial score (nSPS) is 24.1. The molecule has 0 unspecified atom stereocenters.